The molecule has 0 saturated carbocycles. The van der Waals surface area contributed by atoms with Gasteiger partial charge in [-0.15, -0.1) is 11.3 Å². The Balaban J connectivity index is 1.82. The molecule has 3 rings (SSSR count). The lowest BCUT2D eigenvalue weighted by Gasteiger charge is -2.08. The molecule has 0 radical (unpaired) electrons. The highest BCUT2D eigenvalue weighted by Gasteiger charge is 2.21. The van der Waals surface area contributed by atoms with Gasteiger partial charge in [-0.1, -0.05) is 0 Å². The van der Waals surface area contributed by atoms with Crippen molar-refractivity contribution in [1.29, 1.82) is 0 Å². The molecule has 0 aliphatic heterocycles. The predicted molar refractivity (Wildman–Crippen MR) is 81.6 cm³/mol. The van der Waals surface area contributed by atoms with Crippen LogP contribution in [0, 0.1) is 0 Å². The second-order valence-electron chi connectivity index (χ2n) is 5.55. The monoisotopic (exact) mass is 292 g/mol. The fraction of sp³-hybridized carbons (Fsp3) is 0.600. The van der Waals surface area contributed by atoms with Gasteiger partial charge < -0.3 is 4.74 Å². The molecule has 1 aliphatic rings. The SMILES string of the molecule is CC(C)OCCCn1cnc2sc3c(c2c1=O)CCC3. The van der Waals surface area contributed by atoms with E-state index in [2.05, 4.69) is 4.98 Å². The zero-order chi connectivity index (χ0) is 14.1. The largest absolute Gasteiger partial charge is 0.379 e. The van der Waals surface area contributed by atoms with Crippen molar-refractivity contribution in [3.05, 3.63) is 27.1 Å². The van der Waals surface area contributed by atoms with Crippen molar-refractivity contribution in [1.82, 2.24) is 9.55 Å². The minimum absolute atomic E-state index is 0.124. The number of hydrogen-bond donors (Lipinski definition) is 0. The number of fused-ring (bicyclic) bond motifs is 3. The molecule has 0 fully saturated rings. The lowest BCUT2D eigenvalue weighted by molar-refractivity contribution is 0.0747. The number of aryl methyl sites for hydroxylation is 3. The molecule has 108 valence electrons. The summed E-state index contributed by atoms with van der Waals surface area (Å²) in [5.41, 5.74) is 1.38. The first-order valence-electron chi connectivity index (χ1n) is 7.28. The fourth-order valence-corrected chi connectivity index (χ4v) is 3.95. The lowest BCUT2D eigenvalue weighted by Crippen LogP contribution is -2.21. The first kappa shape index (κ1) is 13.8. The normalized spacial score (nSPS) is 14.3. The molecular weight excluding hydrogens is 272 g/mol. The maximum absolute atomic E-state index is 12.6. The van der Waals surface area contributed by atoms with Crippen molar-refractivity contribution in [3.8, 4) is 0 Å². The van der Waals surface area contributed by atoms with E-state index in [0.29, 0.717) is 13.2 Å². The lowest BCUT2D eigenvalue weighted by atomic mass is 10.2. The second kappa shape index (κ2) is 5.66. The van der Waals surface area contributed by atoms with Crippen molar-refractivity contribution in [2.75, 3.05) is 6.61 Å². The van der Waals surface area contributed by atoms with E-state index in [9.17, 15) is 4.79 Å². The van der Waals surface area contributed by atoms with Crippen LogP contribution in [-0.2, 0) is 24.1 Å². The van der Waals surface area contributed by atoms with Crippen molar-refractivity contribution in [2.24, 2.45) is 0 Å². The Morgan fingerprint density at radius 3 is 3.10 bits per heavy atom. The van der Waals surface area contributed by atoms with E-state index < -0.39 is 0 Å². The van der Waals surface area contributed by atoms with E-state index in [-0.39, 0.29) is 11.7 Å². The maximum Gasteiger partial charge on any atom is 0.262 e. The van der Waals surface area contributed by atoms with Crippen molar-refractivity contribution in [2.45, 2.75) is 52.2 Å². The molecule has 5 heteroatoms. The topological polar surface area (TPSA) is 44.1 Å². The van der Waals surface area contributed by atoms with Gasteiger partial charge in [-0.3, -0.25) is 9.36 Å². The van der Waals surface area contributed by atoms with Gasteiger partial charge in [0.15, 0.2) is 0 Å². The van der Waals surface area contributed by atoms with E-state index in [1.165, 1.54) is 16.9 Å². The minimum atomic E-state index is 0.124. The van der Waals surface area contributed by atoms with Crippen molar-refractivity contribution < 1.29 is 4.74 Å². The van der Waals surface area contributed by atoms with E-state index in [4.69, 9.17) is 4.74 Å². The molecule has 0 aromatic carbocycles. The van der Waals surface area contributed by atoms with Gasteiger partial charge in [0.25, 0.3) is 5.56 Å². The summed E-state index contributed by atoms with van der Waals surface area (Å²) in [6.07, 6.45) is 6.09. The summed E-state index contributed by atoms with van der Waals surface area (Å²) in [5.74, 6) is 0. The second-order valence-corrected chi connectivity index (χ2v) is 6.64. The minimum Gasteiger partial charge on any atom is -0.379 e. The molecule has 2 heterocycles. The maximum atomic E-state index is 12.6. The van der Waals surface area contributed by atoms with Gasteiger partial charge in [0.2, 0.25) is 0 Å². The van der Waals surface area contributed by atoms with Crippen LogP contribution in [0.4, 0.5) is 0 Å². The summed E-state index contributed by atoms with van der Waals surface area (Å²) in [6, 6.07) is 0. The zero-order valence-electron chi connectivity index (χ0n) is 12.0. The predicted octanol–water partition coefficient (Wildman–Crippen LogP) is 2.76. The van der Waals surface area contributed by atoms with Gasteiger partial charge in [0.05, 0.1) is 17.8 Å². The highest BCUT2D eigenvalue weighted by atomic mass is 32.1. The van der Waals surface area contributed by atoms with Gasteiger partial charge >= 0.3 is 0 Å². The molecule has 1 aliphatic carbocycles. The number of hydrogen-bond acceptors (Lipinski definition) is 4. The molecule has 2 aromatic heterocycles. The Labute approximate surface area is 122 Å². The van der Waals surface area contributed by atoms with Crippen molar-refractivity contribution >= 4 is 21.6 Å². The first-order chi connectivity index (χ1) is 9.66. The molecule has 0 saturated heterocycles. The third-order valence-electron chi connectivity index (χ3n) is 3.69. The fourth-order valence-electron chi connectivity index (χ4n) is 2.73. The number of nitrogens with zero attached hydrogens (tertiary/aromatic N) is 2. The van der Waals surface area contributed by atoms with Gasteiger partial charge in [-0.05, 0) is 45.1 Å². The molecular formula is C15H20N2O2S. The van der Waals surface area contributed by atoms with E-state index >= 15 is 0 Å². The summed E-state index contributed by atoms with van der Waals surface area (Å²) < 4.78 is 7.25. The van der Waals surface area contributed by atoms with Gasteiger partial charge in [-0.2, -0.15) is 0 Å². The summed E-state index contributed by atoms with van der Waals surface area (Å²) >= 11 is 1.69. The molecule has 0 atom stereocenters. The highest BCUT2D eigenvalue weighted by Crippen LogP contribution is 2.34. The van der Waals surface area contributed by atoms with Gasteiger partial charge in [0, 0.05) is 18.0 Å². The van der Waals surface area contributed by atoms with E-state index in [1.807, 2.05) is 13.8 Å². The number of aromatic nitrogens is 2. The van der Waals surface area contributed by atoms with Crippen LogP contribution in [0.2, 0.25) is 0 Å². The standard InChI is InChI=1S/C15H20N2O2S/c1-10(2)19-8-4-7-17-9-16-14-13(15(17)18)11-5-3-6-12(11)20-14/h9-10H,3-8H2,1-2H3. The zero-order valence-corrected chi connectivity index (χ0v) is 12.8. The molecule has 4 nitrogen and oxygen atoms in total. The molecule has 0 unspecified atom stereocenters. The van der Waals surface area contributed by atoms with Crippen molar-refractivity contribution in [3.63, 3.8) is 0 Å². The molecule has 0 bridgehead atoms. The van der Waals surface area contributed by atoms with Gasteiger partial charge in [0.1, 0.15) is 4.83 Å². The molecule has 0 amide bonds. The quantitative estimate of drug-likeness (QED) is 0.796. The summed E-state index contributed by atoms with van der Waals surface area (Å²) in [7, 11) is 0. The third-order valence-corrected chi connectivity index (χ3v) is 4.89. The Hall–Kier alpha value is -1.20. The van der Waals surface area contributed by atoms with Crippen LogP contribution < -0.4 is 5.56 Å². The van der Waals surface area contributed by atoms with E-state index in [0.717, 1.165) is 29.5 Å². The van der Waals surface area contributed by atoms with Crippen LogP contribution >= 0.6 is 11.3 Å². The Morgan fingerprint density at radius 2 is 2.30 bits per heavy atom. The molecule has 2 aromatic rings. The van der Waals surface area contributed by atoms with Crippen LogP contribution in [0.1, 0.15) is 37.1 Å². The van der Waals surface area contributed by atoms with Crippen LogP contribution in [0.3, 0.4) is 0 Å². The van der Waals surface area contributed by atoms with Gasteiger partial charge in [-0.25, -0.2) is 4.98 Å². The Morgan fingerprint density at radius 1 is 1.45 bits per heavy atom. The molecule has 20 heavy (non-hydrogen) atoms. The Bertz CT molecular complexity index is 672. The third kappa shape index (κ3) is 2.52. The summed E-state index contributed by atoms with van der Waals surface area (Å²) in [4.78, 5) is 19.3. The Kier molecular flexibility index (Phi) is 3.89. The first-order valence-corrected chi connectivity index (χ1v) is 8.09. The summed E-state index contributed by atoms with van der Waals surface area (Å²) in [6.45, 7) is 5.41. The average Bonchev–Trinajstić information content (AvgIpc) is 2.96. The molecule has 0 spiro atoms. The average molecular weight is 292 g/mol. The van der Waals surface area contributed by atoms with Crippen LogP contribution in [-0.4, -0.2) is 22.3 Å². The van der Waals surface area contributed by atoms with E-state index in [1.54, 1.807) is 22.2 Å². The van der Waals surface area contributed by atoms with Crippen LogP contribution in [0.15, 0.2) is 11.1 Å². The smallest absolute Gasteiger partial charge is 0.262 e. The number of rotatable bonds is 5. The number of ether oxygens (including phenoxy) is 1. The summed E-state index contributed by atoms with van der Waals surface area (Å²) in [5, 5.41) is 0.870. The van der Waals surface area contributed by atoms with Crippen LogP contribution in [0.5, 0.6) is 0 Å². The molecule has 0 N–H and O–H groups in total. The van der Waals surface area contributed by atoms with Crippen LogP contribution in [0.25, 0.3) is 10.2 Å². The highest BCUT2D eigenvalue weighted by molar-refractivity contribution is 7.18. The number of thiophene rings is 1.